The highest BCUT2D eigenvalue weighted by molar-refractivity contribution is 8.14. The predicted octanol–water partition coefficient (Wildman–Crippen LogP) is 0.962. The van der Waals surface area contributed by atoms with Crippen LogP contribution >= 0.6 is 24.0 Å². The summed E-state index contributed by atoms with van der Waals surface area (Å²) in [6.07, 6.45) is 0. The third kappa shape index (κ3) is 3.40. The summed E-state index contributed by atoms with van der Waals surface area (Å²) in [5, 5.41) is 7.74. The number of hydrogen-bond donors (Lipinski definition) is 2. The molecule has 0 amide bonds. The van der Waals surface area contributed by atoms with Crippen LogP contribution in [-0.2, 0) is 0 Å². The second kappa shape index (κ2) is 4.67. The summed E-state index contributed by atoms with van der Waals surface area (Å²) in [7, 11) is 0. The Hall–Kier alpha value is -0.290. The van der Waals surface area contributed by atoms with Crippen LogP contribution in [0.5, 0.6) is 0 Å². The van der Waals surface area contributed by atoms with Crippen LogP contribution in [0.4, 0.5) is 0 Å². The van der Waals surface area contributed by atoms with Gasteiger partial charge in [0.15, 0.2) is 10.3 Å². The zero-order chi connectivity index (χ0) is 8.97. The molecule has 5 heteroatoms. The highest BCUT2D eigenvalue weighted by Crippen LogP contribution is 2.08. The molecule has 0 fully saturated rings. The number of amidine groups is 1. The maximum Gasteiger partial charge on any atom is 0.172 e. The first-order valence-corrected chi connectivity index (χ1v) is 5.32. The molecule has 0 radical (unpaired) electrons. The molecular weight excluding hydrogens is 190 g/mol. The Bertz CT molecular complexity index is 201. The number of hydrogen-bond acceptors (Lipinski definition) is 3. The van der Waals surface area contributed by atoms with Crippen LogP contribution in [0.2, 0.25) is 0 Å². The number of rotatable bonds is 1. The Morgan fingerprint density at radius 3 is 2.92 bits per heavy atom. The third-order valence-electron chi connectivity index (χ3n) is 1.23. The number of nitrogens with one attached hydrogen (secondary N) is 2. The molecule has 0 aromatic rings. The molecule has 0 saturated carbocycles. The molecule has 1 aliphatic heterocycles. The SMILES string of the molecule is CC(C)NC(=S)NC1=NCCS1. The van der Waals surface area contributed by atoms with E-state index in [4.69, 9.17) is 12.2 Å². The first-order valence-electron chi connectivity index (χ1n) is 3.93. The maximum atomic E-state index is 5.05. The zero-order valence-corrected chi connectivity index (χ0v) is 8.89. The molecule has 0 spiro atoms. The van der Waals surface area contributed by atoms with E-state index < -0.39 is 0 Å². The first-order chi connectivity index (χ1) is 5.68. The van der Waals surface area contributed by atoms with E-state index in [0.717, 1.165) is 17.5 Å². The number of thiocarbonyl (C=S) groups is 1. The minimum Gasteiger partial charge on any atom is -0.360 e. The van der Waals surface area contributed by atoms with Crippen LogP contribution in [0, 0.1) is 0 Å². The molecule has 1 heterocycles. The van der Waals surface area contributed by atoms with Gasteiger partial charge in [0, 0.05) is 11.8 Å². The molecule has 0 bridgehead atoms. The molecule has 0 aromatic carbocycles. The van der Waals surface area contributed by atoms with Crippen molar-refractivity contribution in [1.29, 1.82) is 0 Å². The lowest BCUT2D eigenvalue weighted by molar-refractivity contribution is 0.731. The van der Waals surface area contributed by atoms with E-state index in [1.54, 1.807) is 11.8 Å². The third-order valence-corrected chi connectivity index (χ3v) is 2.34. The smallest absolute Gasteiger partial charge is 0.172 e. The number of thioether (sulfide) groups is 1. The Kier molecular flexibility index (Phi) is 3.81. The Labute approximate surface area is 82.4 Å². The quantitative estimate of drug-likeness (QED) is 0.622. The van der Waals surface area contributed by atoms with Gasteiger partial charge in [0.25, 0.3) is 0 Å². The van der Waals surface area contributed by atoms with E-state index in [0.29, 0.717) is 11.2 Å². The molecule has 3 nitrogen and oxygen atoms in total. The zero-order valence-electron chi connectivity index (χ0n) is 7.26. The van der Waals surface area contributed by atoms with Gasteiger partial charge in [0.05, 0.1) is 6.54 Å². The highest BCUT2D eigenvalue weighted by atomic mass is 32.2. The highest BCUT2D eigenvalue weighted by Gasteiger charge is 2.08. The fourth-order valence-corrected chi connectivity index (χ4v) is 1.94. The summed E-state index contributed by atoms with van der Waals surface area (Å²) < 4.78 is 0. The van der Waals surface area contributed by atoms with Crippen LogP contribution in [0.3, 0.4) is 0 Å². The van der Waals surface area contributed by atoms with E-state index >= 15 is 0 Å². The molecular formula is C7H13N3S2. The van der Waals surface area contributed by atoms with Gasteiger partial charge < -0.3 is 10.6 Å². The van der Waals surface area contributed by atoms with Crippen molar-refractivity contribution in [2.24, 2.45) is 4.99 Å². The van der Waals surface area contributed by atoms with E-state index in [9.17, 15) is 0 Å². The van der Waals surface area contributed by atoms with Gasteiger partial charge in [-0.15, -0.1) is 0 Å². The standard InChI is InChI=1S/C7H13N3S2/c1-5(2)9-6(11)10-7-8-3-4-12-7/h5H,3-4H2,1-2H3,(H2,8,9,10,11). The van der Waals surface area contributed by atoms with Gasteiger partial charge in [0.2, 0.25) is 0 Å². The van der Waals surface area contributed by atoms with E-state index in [2.05, 4.69) is 29.5 Å². The van der Waals surface area contributed by atoms with Gasteiger partial charge in [0.1, 0.15) is 0 Å². The lowest BCUT2D eigenvalue weighted by Gasteiger charge is -2.11. The topological polar surface area (TPSA) is 36.4 Å². The van der Waals surface area contributed by atoms with Crippen LogP contribution in [-0.4, -0.2) is 28.6 Å². The average molecular weight is 203 g/mol. The van der Waals surface area contributed by atoms with Gasteiger partial charge in [-0.3, -0.25) is 4.99 Å². The van der Waals surface area contributed by atoms with E-state index in [1.807, 2.05) is 0 Å². The summed E-state index contributed by atoms with van der Waals surface area (Å²) in [6, 6.07) is 0.372. The Morgan fingerprint density at radius 1 is 1.67 bits per heavy atom. The molecule has 0 atom stereocenters. The largest absolute Gasteiger partial charge is 0.360 e. The second-order valence-electron chi connectivity index (χ2n) is 2.79. The van der Waals surface area contributed by atoms with Crippen molar-refractivity contribution in [3.8, 4) is 0 Å². The van der Waals surface area contributed by atoms with Crippen molar-refractivity contribution >= 4 is 34.3 Å². The Balaban J connectivity index is 2.26. The summed E-state index contributed by atoms with van der Waals surface area (Å²) >= 11 is 6.76. The molecule has 0 aromatic heterocycles. The monoisotopic (exact) mass is 203 g/mol. The maximum absolute atomic E-state index is 5.05. The molecule has 0 aliphatic carbocycles. The van der Waals surface area contributed by atoms with Crippen LogP contribution < -0.4 is 10.6 Å². The van der Waals surface area contributed by atoms with Crippen molar-refractivity contribution in [3.05, 3.63) is 0 Å². The van der Waals surface area contributed by atoms with E-state index in [-0.39, 0.29) is 0 Å². The van der Waals surface area contributed by atoms with Crippen LogP contribution in [0.15, 0.2) is 4.99 Å². The summed E-state index contributed by atoms with van der Waals surface area (Å²) in [4.78, 5) is 4.22. The molecule has 12 heavy (non-hydrogen) atoms. The minimum absolute atomic E-state index is 0.372. The summed E-state index contributed by atoms with van der Waals surface area (Å²) in [6.45, 7) is 5.01. The fourth-order valence-electron chi connectivity index (χ4n) is 0.806. The second-order valence-corrected chi connectivity index (χ2v) is 4.28. The van der Waals surface area contributed by atoms with Gasteiger partial charge in [-0.25, -0.2) is 0 Å². The normalized spacial score (nSPS) is 16.1. The van der Waals surface area contributed by atoms with Gasteiger partial charge in [-0.2, -0.15) is 0 Å². The fraction of sp³-hybridized carbons (Fsp3) is 0.714. The predicted molar refractivity (Wildman–Crippen MR) is 58.8 cm³/mol. The average Bonchev–Trinajstić information content (AvgIpc) is 2.37. The lowest BCUT2D eigenvalue weighted by Crippen LogP contribution is -2.40. The van der Waals surface area contributed by atoms with Crippen molar-refractivity contribution in [2.75, 3.05) is 12.3 Å². The molecule has 0 saturated heterocycles. The van der Waals surface area contributed by atoms with Gasteiger partial charge in [-0.05, 0) is 26.1 Å². The molecule has 0 unspecified atom stereocenters. The Morgan fingerprint density at radius 2 is 2.42 bits per heavy atom. The molecule has 1 rings (SSSR count). The van der Waals surface area contributed by atoms with Crippen molar-refractivity contribution < 1.29 is 0 Å². The van der Waals surface area contributed by atoms with Crippen molar-refractivity contribution in [3.63, 3.8) is 0 Å². The first kappa shape index (κ1) is 9.80. The van der Waals surface area contributed by atoms with Crippen molar-refractivity contribution in [2.45, 2.75) is 19.9 Å². The van der Waals surface area contributed by atoms with Crippen LogP contribution in [0.1, 0.15) is 13.8 Å². The van der Waals surface area contributed by atoms with Gasteiger partial charge >= 0.3 is 0 Å². The number of nitrogens with zero attached hydrogens (tertiary/aromatic N) is 1. The molecule has 2 N–H and O–H groups in total. The minimum atomic E-state index is 0.372. The summed E-state index contributed by atoms with van der Waals surface area (Å²) in [5.41, 5.74) is 0. The lowest BCUT2D eigenvalue weighted by atomic mass is 10.4. The van der Waals surface area contributed by atoms with E-state index in [1.165, 1.54) is 0 Å². The molecule has 68 valence electrons. The van der Waals surface area contributed by atoms with Gasteiger partial charge in [-0.1, -0.05) is 11.8 Å². The summed E-state index contributed by atoms with van der Waals surface area (Å²) in [5.74, 6) is 1.06. The van der Waals surface area contributed by atoms with Crippen molar-refractivity contribution in [1.82, 2.24) is 10.6 Å². The molecule has 1 aliphatic rings. The van der Waals surface area contributed by atoms with Crippen LogP contribution in [0.25, 0.3) is 0 Å². The number of aliphatic imine (C=N–C) groups is 1.